The Bertz CT molecular complexity index is 635. The number of rotatable bonds is 6. The van der Waals surface area contributed by atoms with Crippen molar-refractivity contribution in [1.82, 2.24) is 5.10 Å². The molecular weight excluding hydrogens is 275 g/mol. The highest BCUT2D eigenvalue weighted by Gasteiger charge is 2.26. The summed E-state index contributed by atoms with van der Waals surface area (Å²) in [4.78, 5) is 0. The SMILES string of the molecule is CCOP(=O)(Cc1c[n+](C)nc2ccccc12)OCC. The van der Waals surface area contributed by atoms with Gasteiger partial charge in [-0.05, 0) is 25.0 Å². The first-order valence-corrected chi connectivity index (χ1v) is 8.43. The van der Waals surface area contributed by atoms with Crippen molar-refractivity contribution in [2.24, 2.45) is 7.05 Å². The van der Waals surface area contributed by atoms with Crippen molar-refractivity contribution >= 4 is 18.5 Å². The molecule has 5 nitrogen and oxygen atoms in total. The predicted octanol–water partition coefficient (Wildman–Crippen LogP) is 2.83. The molecule has 20 heavy (non-hydrogen) atoms. The van der Waals surface area contributed by atoms with E-state index in [0.29, 0.717) is 13.2 Å². The molecule has 0 radical (unpaired) electrons. The molecule has 0 saturated carbocycles. The van der Waals surface area contributed by atoms with Gasteiger partial charge in [0.25, 0.3) is 0 Å². The Morgan fingerprint density at radius 1 is 1.20 bits per heavy atom. The molecule has 0 fully saturated rings. The smallest absolute Gasteiger partial charge is 0.309 e. The molecule has 1 aromatic carbocycles. The summed E-state index contributed by atoms with van der Waals surface area (Å²) in [5.74, 6) is 0. The summed E-state index contributed by atoms with van der Waals surface area (Å²) in [5.41, 5.74) is 1.79. The van der Waals surface area contributed by atoms with Crippen molar-refractivity contribution in [3.63, 3.8) is 0 Å². The van der Waals surface area contributed by atoms with Crippen LogP contribution in [-0.4, -0.2) is 18.3 Å². The zero-order chi connectivity index (χ0) is 14.6. The molecule has 108 valence electrons. The van der Waals surface area contributed by atoms with Crippen LogP contribution in [0.2, 0.25) is 0 Å². The van der Waals surface area contributed by atoms with Gasteiger partial charge in [-0.25, -0.2) is 0 Å². The van der Waals surface area contributed by atoms with Crippen LogP contribution in [0, 0.1) is 0 Å². The van der Waals surface area contributed by atoms with Crippen molar-refractivity contribution in [2.75, 3.05) is 13.2 Å². The van der Waals surface area contributed by atoms with E-state index in [1.165, 1.54) is 0 Å². The summed E-state index contributed by atoms with van der Waals surface area (Å²) in [7, 11) is -1.26. The fourth-order valence-electron chi connectivity index (χ4n) is 2.18. The van der Waals surface area contributed by atoms with Crippen LogP contribution < -0.4 is 4.68 Å². The molecule has 0 amide bonds. The van der Waals surface area contributed by atoms with Gasteiger partial charge in [-0.1, -0.05) is 22.9 Å². The van der Waals surface area contributed by atoms with Gasteiger partial charge < -0.3 is 9.05 Å². The van der Waals surface area contributed by atoms with Gasteiger partial charge >= 0.3 is 7.60 Å². The van der Waals surface area contributed by atoms with Gasteiger partial charge in [-0.2, -0.15) is 0 Å². The number of nitrogens with zero attached hydrogens (tertiary/aromatic N) is 2. The lowest BCUT2D eigenvalue weighted by molar-refractivity contribution is -0.728. The zero-order valence-electron chi connectivity index (χ0n) is 12.1. The summed E-state index contributed by atoms with van der Waals surface area (Å²) in [6.07, 6.45) is 2.12. The molecule has 0 spiro atoms. The van der Waals surface area contributed by atoms with Crippen LogP contribution in [0.25, 0.3) is 10.9 Å². The Kier molecular flexibility index (Phi) is 4.86. The third kappa shape index (κ3) is 3.42. The average Bonchev–Trinajstić information content (AvgIpc) is 2.38. The Hall–Kier alpha value is -1.29. The van der Waals surface area contributed by atoms with Gasteiger partial charge in [-0.15, -0.1) is 0 Å². The monoisotopic (exact) mass is 295 g/mol. The third-order valence-corrected chi connectivity index (χ3v) is 4.90. The first-order valence-electron chi connectivity index (χ1n) is 6.70. The van der Waals surface area contributed by atoms with Crippen molar-refractivity contribution in [3.8, 4) is 0 Å². The fourth-order valence-corrected chi connectivity index (χ4v) is 3.90. The average molecular weight is 295 g/mol. The van der Waals surface area contributed by atoms with Crippen molar-refractivity contribution in [2.45, 2.75) is 20.0 Å². The topological polar surface area (TPSA) is 52.3 Å². The minimum Gasteiger partial charge on any atom is -0.309 e. The lowest BCUT2D eigenvalue weighted by Crippen LogP contribution is -2.33. The molecule has 0 N–H and O–H groups in total. The van der Waals surface area contributed by atoms with Gasteiger partial charge in [0.2, 0.25) is 0 Å². The van der Waals surface area contributed by atoms with E-state index in [9.17, 15) is 4.57 Å². The molecule has 0 saturated heterocycles. The summed E-state index contributed by atoms with van der Waals surface area (Å²) in [6.45, 7) is 4.37. The molecular formula is C14H20N2O3P+. The molecule has 6 heteroatoms. The van der Waals surface area contributed by atoms with Crippen LogP contribution in [0.1, 0.15) is 19.4 Å². The quantitative estimate of drug-likeness (QED) is 0.607. The number of aromatic nitrogens is 2. The maximum Gasteiger partial charge on any atom is 0.335 e. The van der Waals surface area contributed by atoms with E-state index in [-0.39, 0.29) is 6.16 Å². The van der Waals surface area contributed by atoms with Crippen LogP contribution in [0.4, 0.5) is 0 Å². The molecule has 0 atom stereocenters. The summed E-state index contributed by atoms with van der Waals surface area (Å²) < 4.78 is 25.1. The molecule has 0 unspecified atom stereocenters. The second kappa shape index (κ2) is 6.44. The lowest BCUT2D eigenvalue weighted by Gasteiger charge is -2.16. The maximum absolute atomic E-state index is 12.7. The standard InChI is InChI=1S/C14H20N2O3P/c1-4-18-20(17,19-5-2)11-12-10-16(3)15-14-9-7-6-8-13(12)14/h6-10H,4-5,11H2,1-3H3/q+1. The van der Waals surface area contributed by atoms with Crippen LogP contribution >= 0.6 is 7.60 Å². The van der Waals surface area contributed by atoms with Crippen molar-refractivity contribution < 1.29 is 18.3 Å². The second-order valence-electron chi connectivity index (χ2n) is 4.45. The van der Waals surface area contributed by atoms with E-state index < -0.39 is 7.60 Å². The Morgan fingerprint density at radius 2 is 1.85 bits per heavy atom. The number of hydrogen-bond acceptors (Lipinski definition) is 4. The van der Waals surface area contributed by atoms with Gasteiger partial charge in [0.15, 0.2) is 13.2 Å². The fraction of sp³-hybridized carbons (Fsp3) is 0.429. The van der Waals surface area contributed by atoms with Gasteiger partial charge in [-0.3, -0.25) is 4.57 Å². The van der Waals surface area contributed by atoms with E-state index in [1.54, 1.807) is 4.68 Å². The highest BCUT2D eigenvalue weighted by Crippen LogP contribution is 2.51. The van der Waals surface area contributed by atoms with Crippen LogP contribution in [-0.2, 0) is 26.8 Å². The van der Waals surface area contributed by atoms with Crippen molar-refractivity contribution in [1.29, 1.82) is 0 Å². The largest absolute Gasteiger partial charge is 0.335 e. The Morgan fingerprint density at radius 3 is 2.50 bits per heavy atom. The third-order valence-electron chi connectivity index (χ3n) is 2.87. The van der Waals surface area contributed by atoms with E-state index in [1.807, 2.05) is 51.4 Å². The van der Waals surface area contributed by atoms with Gasteiger partial charge in [0.05, 0.1) is 19.4 Å². The number of fused-ring (bicyclic) bond motifs is 1. The van der Waals surface area contributed by atoms with Crippen molar-refractivity contribution in [3.05, 3.63) is 36.0 Å². The van der Waals surface area contributed by atoms with Crippen LogP contribution in [0.5, 0.6) is 0 Å². The minimum atomic E-state index is -3.11. The molecule has 1 aromatic heterocycles. The molecule has 0 aliphatic rings. The lowest BCUT2D eigenvalue weighted by atomic mass is 10.1. The predicted molar refractivity (Wildman–Crippen MR) is 77.5 cm³/mol. The first kappa shape index (κ1) is 15.1. The van der Waals surface area contributed by atoms with E-state index in [0.717, 1.165) is 16.5 Å². The summed E-state index contributed by atoms with van der Waals surface area (Å²) >= 11 is 0. The van der Waals surface area contributed by atoms with E-state index >= 15 is 0 Å². The molecule has 0 aliphatic heterocycles. The summed E-state index contributed by atoms with van der Waals surface area (Å²) in [5, 5.41) is 5.38. The summed E-state index contributed by atoms with van der Waals surface area (Å²) in [6, 6.07) is 7.79. The molecule has 2 aromatic rings. The molecule has 1 heterocycles. The van der Waals surface area contributed by atoms with E-state index in [4.69, 9.17) is 9.05 Å². The van der Waals surface area contributed by atoms with Gasteiger partial charge in [0, 0.05) is 10.9 Å². The zero-order valence-corrected chi connectivity index (χ0v) is 13.0. The Balaban J connectivity index is 2.44. The number of benzene rings is 1. The highest BCUT2D eigenvalue weighted by atomic mass is 31.2. The molecule has 0 aliphatic carbocycles. The van der Waals surface area contributed by atoms with Gasteiger partial charge in [0.1, 0.15) is 5.52 Å². The van der Waals surface area contributed by atoms with E-state index in [2.05, 4.69) is 5.10 Å². The van der Waals surface area contributed by atoms with Crippen LogP contribution in [0.3, 0.4) is 0 Å². The molecule has 2 rings (SSSR count). The minimum absolute atomic E-state index is 0.256. The normalized spacial score (nSPS) is 11.9. The number of hydrogen-bond donors (Lipinski definition) is 0. The molecule has 0 bridgehead atoms. The number of aryl methyl sites for hydroxylation is 1. The first-order chi connectivity index (χ1) is 9.58. The highest BCUT2D eigenvalue weighted by molar-refractivity contribution is 7.53. The van der Waals surface area contributed by atoms with Crippen LogP contribution in [0.15, 0.2) is 30.5 Å². The maximum atomic E-state index is 12.7. The Labute approximate surface area is 119 Å². The second-order valence-corrected chi connectivity index (χ2v) is 6.50.